The van der Waals surface area contributed by atoms with Gasteiger partial charge in [0.05, 0.1) is 31.4 Å². The molecule has 4 rings (SSSR count). The van der Waals surface area contributed by atoms with Gasteiger partial charge in [-0.25, -0.2) is 0 Å². The minimum atomic E-state index is -0.317. The highest BCUT2D eigenvalue weighted by molar-refractivity contribution is 6.03. The number of fused-ring (bicyclic) bond motifs is 1. The van der Waals surface area contributed by atoms with Gasteiger partial charge < -0.3 is 24.3 Å². The molecule has 0 bridgehead atoms. The van der Waals surface area contributed by atoms with Crippen LogP contribution in [0.4, 0.5) is 5.69 Å². The summed E-state index contributed by atoms with van der Waals surface area (Å²) in [5.74, 6) is 0.0295. The molecule has 0 atom stereocenters. The van der Waals surface area contributed by atoms with Gasteiger partial charge in [-0.3, -0.25) is 14.3 Å². The molecule has 2 aromatic rings. The van der Waals surface area contributed by atoms with Gasteiger partial charge in [-0.05, 0) is 7.05 Å². The molecule has 2 aromatic heterocycles. The van der Waals surface area contributed by atoms with Gasteiger partial charge in [0.25, 0.3) is 5.91 Å². The van der Waals surface area contributed by atoms with Gasteiger partial charge in [-0.15, -0.1) is 0 Å². The zero-order chi connectivity index (χ0) is 18.8. The summed E-state index contributed by atoms with van der Waals surface area (Å²) in [4.78, 5) is 28.9. The minimum absolute atomic E-state index is 0.0316. The molecule has 27 heavy (non-hydrogen) atoms. The average molecular weight is 373 g/mol. The maximum Gasteiger partial charge on any atom is 0.291 e. The van der Waals surface area contributed by atoms with E-state index in [1.807, 2.05) is 11.9 Å². The summed E-state index contributed by atoms with van der Waals surface area (Å²) in [5.41, 5.74) is 2.35. The molecule has 2 aliphatic heterocycles. The molecule has 0 aromatic carbocycles. The van der Waals surface area contributed by atoms with E-state index in [4.69, 9.17) is 9.15 Å². The second-order valence-electron chi connectivity index (χ2n) is 6.94. The van der Waals surface area contributed by atoms with Crippen LogP contribution in [0.25, 0.3) is 0 Å². The highest BCUT2D eigenvalue weighted by atomic mass is 16.5. The topological polar surface area (TPSA) is 92.8 Å². The standard InChI is InChI=1S/C18H23N5O4/c1-21-3-5-22(6-4-21)16(24)10-23-9-14(8-19-23)20-18(25)17-15-2-7-26-11-13(15)12-27-17/h8-9,12H,2-7,10-11H2,1H3,(H,20,25). The van der Waals surface area contributed by atoms with Crippen LogP contribution >= 0.6 is 0 Å². The Morgan fingerprint density at radius 2 is 2.07 bits per heavy atom. The van der Waals surface area contributed by atoms with E-state index in [1.165, 1.54) is 6.20 Å². The molecule has 0 spiro atoms. The lowest BCUT2D eigenvalue weighted by Gasteiger charge is -2.32. The first kappa shape index (κ1) is 17.7. The SMILES string of the molecule is CN1CCN(C(=O)Cn2cc(NC(=O)c3occ4c3CCOC4)cn2)CC1. The van der Waals surface area contributed by atoms with E-state index >= 15 is 0 Å². The van der Waals surface area contributed by atoms with Crippen LogP contribution < -0.4 is 5.32 Å². The summed E-state index contributed by atoms with van der Waals surface area (Å²) in [6.45, 7) is 4.43. The van der Waals surface area contributed by atoms with Crippen molar-refractivity contribution >= 4 is 17.5 Å². The Morgan fingerprint density at radius 1 is 1.26 bits per heavy atom. The largest absolute Gasteiger partial charge is 0.458 e. The number of carbonyl (C=O) groups excluding carboxylic acids is 2. The molecular weight excluding hydrogens is 350 g/mol. The monoisotopic (exact) mass is 373 g/mol. The fourth-order valence-corrected chi connectivity index (χ4v) is 3.36. The maximum atomic E-state index is 12.5. The van der Waals surface area contributed by atoms with Crippen molar-refractivity contribution in [1.29, 1.82) is 0 Å². The number of ether oxygens (including phenoxy) is 1. The third-order valence-corrected chi connectivity index (χ3v) is 4.99. The maximum absolute atomic E-state index is 12.5. The van der Waals surface area contributed by atoms with Crippen LogP contribution in [0.2, 0.25) is 0 Å². The van der Waals surface area contributed by atoms with Crippen LogP contribution in [0.3, 0.4) is 0 Å². The lowest BCUT2D eigenvalue weighted by atomic mass is 10.1. The van der Waals surface area contributed by atoms with Crippen LogP contribution in [-0.2, 0) is 29.1 Å². The van der Waals surface area contributed by atoms with Crippen molar-refractivity contribution in [3.8, 4) is 0 Å². The van der Waals surface area contributed by atoms with Gasteiger partial charge in [0.15, 0.2) is 5.76 Å². The fraction of sp³-hybridized carbons (Fsp3) is 0.500. The van der Waals surface area contributed by atoms with Crippen molar-refractivity contribution < 1.29 is 18.7 Å². The molecule has 9 heteroatoms. The Hall–Kier alpha value is -2.65. The van der Waals surface area contributed by atoms with Crippen LogP contribution in [0.5, 0.6) is 0 Å². The van der Waals surface area contributed by atoms with Gasteiger partial charge in [-0.2, -0.15) is 5.10 Å². The summed E-state index contributed by atoms with van der Waals surface area (Å²) in [6, 6.07) is 0. The summed E-state index contributed by atoms with van der Waals surface area (Å²) < 4.78 is 12.3. The molecule has 144 valence electrons. The predicted molar refractivity (Wildman–Crippen MR) is 96.3 cm³/mol. The van der Waals surface area contributed by atoms with Crippen LogP contribution in [0.15, 0.2) is 23.1 Å². The van der Waals surface area contributed by atoms with Gasteiger partial charge in [0.2, 0.25) is 5.91 Å². The molecule has 0 radical (unpaired) electrons. The van der Waals surface area contributed by atoms with Gasteiger partial charge >= 0.3 is 0 Å². The first-order valence-electron chi connectivity index (χ1n) is 9.07. The van der Waals surface area contributed by atoms with Crippen molar-refractivity contribution in [3.05, 3.63) is 35.5 Å². The van der Waals surface area contributed by atoms with Gasteiger partial charge in [0, 0.05) is 49.9 Å². The summed E-state index contributed by atoms with van der Waals surface area (Å²) in [5, 5.41) is 6.97. The zero-order valence-electron chi connectivity index (χ0n) is 15.3. The number of anilines is 1. The number of rotatable bonds is 4. The number of hydrogen-bond donors (Lipinski definition) is 1. The number of likely N-dealkylation sites (N-methyl/N-ethyl adjacent to an activating group) is 1. The fourth-order valence-electron chi connectivity index (χ4n) is 3.36. The molecule has 9 nitrogen and oxygen atoms in total. The third kappa shape index (κ3) is 3.88. The number of nitrogens with one attached hydrogen (secondary N) is 1. The molecule has 0 unspecified atom stereocenters. The first-order valence-corrected chi connectivity index (χ1v) is 9.07. The summed E-state index contributed by atoms with van der Waals surface area (Å²) >= 11 is 0. The smallest absolute Gasteiger partial charge is 0.291 e. The Balaban J connectivity index is 1.36. The molecule has 4 heterocycles. The quantitative estimate of drug-likeness (QED) is 0.843. The zero-order valence-corrected chi connectivity index (χ0v) is 15.3. The molecule has 0 saturated carbocycles. The lowest BCUT2D eigenvalue weighted by Crippen LogP contribution is -2.48. The van der Waals surface area contributed by atoms with Gasteiger partial charge in [0.1, 0.15) is 6.54 Å². The molecular formula is C18H23N5O4. The number of piperazine rings is 1. The van der Waals surface area contributed by atoms with E-state index < -0.39 is 0 Å². The first-order chi connectivity index (χ1) is 13.1. The van der Waals surface area contributed by atoms with Crippen LogP contribution in [-0.4, -0.2) is 71.2 Å². The van der Waals surface area contributed by atoms with Gasteiger partial charge in [-0.1, -0.05) is 0 Å². The number of aromatic nitrogens is 2. The predicted octanol–water partition coefficient (Wildman–Crippen LogP) is 0.575. The third-order valence-electron chi connectivity index (χ3n) is 4.99. The average Bonchev–Trinajstić information content (AvgIpc) is 3.29. The molecule has 1 N–H and O–H groups in total. The van der Waals surface area contributed by atoms with Crippen molar-refractivity contribution in [2.24, 2.45) is 0 Å². The van der Waals surface area contributed by atoms with E-state index in [9.17, 15) is 9.59 Å². The van der Waals surface area contributed by atoms with E-state index in [2.05, 4.69) is 15.3 Å². The Kier molecular flexibility index (Phi) is 4.95. The second kappa shape index (κ2) is 7.53. The number of carbonyl (C=O) groups is 2. The number of nitrogens with zero attached hydrogens (tertiary/aromatic N) is 4. The number of amides is 2. The molecule has 1 saturated heterocycles. The van der Waals surface area contributed by atoms with Crippen molar-refractivity contribution in [2.75, 3.05) is 45.2 Å². The van der Waals surface area contributed by atoms with Crippen molar-refractivity contribution in [1.82, 2.24) is 19.6 Å². The van der Waals surface area contributed by atoms with Crippen LogP contribution in [0, 0.1) is 0 Å². The summed E-state index contributed by atoms with van der Waals surface area (Å²) in [7, 11) is 2.05. The second-order valence-corrected chi connectivity index (χ2v) is 6.94. The van der Waals surface area contributed by atoms with E-state index in [-0.39, 0.29) is 18.4 Å². The molecule has 2 aliphatic rings. The highest BCUT2D eigenvalue weighted by Crippen LogP contribution is 2.23. The highest BCUT2D eigenvalue weighted by Gasteiger charge is 2.23. The van der Waals surface area contributed by atoms with E-state index in [0.717, 1.165) is 37.3 Å². The Morgan fingerprint density at radius 3 is 2.89 bits per heavy atom. The molecule has 0 aliphatic carbocycles. The molecule has 1 fully saturated rings. The van der Waals surface area contributed by atoms with Crippen LogP contribution in [0.1, 0.15) is 21.7 Å². The lowest BCUT2D eigenvalue weighted by molar-refractivity contribution is -0.133. The Labute approximate surface area is 156 Å². The number of furan rings is 1. The Bertz CT molecular complexity index is 835. The van der Waals surface area contributed by atoms with E-state index in [1.54, 1.807) is 17.1 Å². The normalized spacial score (nSPS) is 17.6. The van der Waals surface area contributed by atoms with E-state index in [0.29, 0.717) is 31.1 Å². The summed E-state index contributed by atoms with van der Waals surface area (Å²) in [6.07, 6.45) is 5.42. The van der Waals surface area contributed by atoms with Crippen molar-refractivity contribution in [2.45, 2.75) is 19.6 Å². The van der Waals surface area contributed by atoms with Crippen molar-refractivity contribution in [3.63, 3.8) is 0 Å². The number of hydrogen-bond acceptors (Lipinski definition) is 6. The molecule has 2 amide bonds. The minimum Gasteiger partial charge on any atom is -0.458 e.